The van der Waals surface area contributed by atoms with Crippen LogP contribution in [-0.2, 0) is 20.6 Å². The highest BCUT2D eigenvalue weighted by molar-refractivity contribution is 7.88. The van der Waals surface area contributed by atoms with Crippen molar-refractivity contribution in [2.45, 2.75) is 5.75 Å². The van der Waals surface area contributed by atoms with E-state index in [4.69, 9.17) is 16.7 Å². The molecular formula is C10H12ClNO4S. The minimum Gasteiger partial charge on any atom is -0.480 e. The fourth-order valence-corrected chi connectivity index (χ4v) is 2.67. The molecule has 0 unspecified atom stereocenters. The summed E-state index contributed by atoms with van der Waals surface area (Å²) >= 11 is 5.84. The number of halogens is 1. The Bertz CT molecular complexity index is 515. The van der Waals surface area contributed by atoms with E-state index in [0.29, 0.717) is 10.6 Å². The van der Waals surface area contributed by atoms with Gasteiger partial charge >= 0.3 is 5.97 Å². The van der Waals surface area contributed by atoms with E-state index in [1.807, 2.05) is 0 Å². The van der Waals surface area contributed by atoms with Crippen molar-refractivity contribution >= 4 is 27.6 Å². The van der Waals surface area contributed by atoms with Crippen LogP contribution in [-0.4, -0.2) is 37.4 Å². The van der Waals surface area contributed by atoms with Gasteiger partial charge in [0, 0.05) is 12.1 Å². The lowest BCUT2D eigenvalue weighted by Crippen LogP contribution is -2.33. The molecule has 0 aliphatic rings. The third-order valence-corrected chi connectivity index (χ3v) is 4.25. The van der Waals surface area contributed by atoms with Crippen LogP contribution in [0, 0.1) is 0 Å². The van der Waals surface area contributed by atoms with Crippen molar-refractivity contribution in [3.8, 4) is 0 Å². The second-order valence-electron chi connectivity index (χ2n) is 3.50. The van der Waals surface area contributed by atoms with Crippen molar-refractivity contribution < 1.29 is 18.3 Å². The van der Waals surface area contributed by atoms with Gasteiger partial charge in [0.1, 0.15) is 6.54 Å². The maximum atomic E-state index is 11.8. The van der Waals surface area contributed by atoms with Crippen molar-refractivity contribution in [1.82, 2.24) is 4.31 Å². The largest absolute Gasteiger partial charge is 0.480 e. The first-order chi connectivity index (χ1) is 7.83. The molecule has 0 radical (unpaired) electrons. The Balaban J connectivity index is 2.87. The van der Waals surface area contributed by atoms with E-state index in [9.17, 15) is 13.2 Å². The molecule has 0 aliphatic heterocycles. The number of carbonyl (C=O) groups is 1. The van der Waals surface area contributed by atoms with Gasteiger partial charge in [-0.15, -0.1) is 0 Å². The normalized spacial score (nSPS) is 11.7. The SMILES string of the molecule is CN(CC(=O)O)S(=O)(=O)Cc1ccccc1Cl. The summed E-state index contributed by atoms with van der Waals surface area (Å²) in [5.41, 5.74) is 0.450. The van der Waals surface area contributed by atoms with Gasteiger partial charge in [-0.3, -0.25) is 4.79 Å². The molecule has 94 valence electrons. The number of sulfonamides is 1. The molecule has 1 aromatic rings. The van der Waals surface area contributed by atoms with E-state index in [1.165, 1.54) is 7.05 Å². The molecule has 0 aliphatic carbocycles. The number of nitrogens with zero attached hydrogens (tertiary/aromatic N) is 1. The number of aliphatic carboxylic acids is 1. The Morgan fingerprint density at radius 2 is 2.00 bits per heavy atom. The zero-order valence-corrected chi connectivity index (χ0v) is 10.7. The summed E-state index contributed by atoms with van der Waals surface area (Å²) in [6, 6.07) is 6.55. The Morgan fingerprint density at radius 1 is 1.41 bits per heavy atom. The summed E-state index contributed by atoms with van der Waals surface area (Å²) in [6.45, 7) is -0.563. The highest BCUT2D eigenvalue weighted by Gasteiger charge is 2.21. The molecule has 1 aromatic carbocycles. The summed E-state index contributed by atoms with van der Waals surface area (Å²) in [5, 5.41) is 8.88. The minimum atomic E-state index is -3.66. The van der Waals surface area contributed by atoms with Gasteiger partial charge in [0.15, 0.2) is 0 Å². The standard InChI is InChI=1S/C10H12ClNO4S/c1-12(6-10(13)14)17(15,16)7-8-4-2-3-5-9(8)11/h2-5H,6-7H2,1H3,(H,13,14). The molecular weight excluding hydrogens is 266 g/mol. The molecule has 0 spiro atoms. The van der Waals surface area contributed by atoms with Crippen LogP contribution in [0.4, 0.5) is 0 Å². The van der Waals surface area contributed by atoms with Gasteiger partial charge < -0.3 is 5.11 Å². The zero-order valence-electron chi connectivity index (χ0n) is 9.13. The topological polar surface area (TPSA) is 74.7 Å². The van der Waals surface area contributed by atoms with Crippen LogP contribution in [0.25, 0.3) is 0 Å². The lowest BCUT2D eigenvalue weighted by molar-refractivity contribution is -0.137. The number of benzene rings is 1. The maximum Gasteiger partial charge on any atom is 0.318 e. The maximum absolute atomic E-state index is 11.8. The first-order valence-corrected chi connectivity index (χ1v) is 6.71. The van der Waals surface area contributed by atoms with Crippen molar-refractivity contribution in [3.63, 3.8) is 0 Å². The molecule has 17 heavy (non-hydrogen) atoms. The van der Waals surface area contributed by atoms with E-state index < -0.39 is 22.5 Å². The molecule has 0 atom stereocenters. The van der Waals surface area contributed by atoms with Gasteiger partial charge in [-0.1, -0.05) is 29.8 Å². The molecule has 0 saturated heterocycles. The average molecular weight is 278 g/mol. The first-order valence-electron chi connectivity index (χ1n) is 4.72. The van der Waals surface area contributed by atoms with E-state index in [1.54, 1.807) is 24.3 Å². The third-order valence-electron chi connectivity index (χ3n) is 2.13. The second kappa shape index (κ2) is 5.48. The molecule has 0 fully saturated rings. The number of hydrogen-bond acceptors (Lipinski definition) is 3. The van der Waals surface area contributed by atoms with Crippen LogP contribution in [0.15, 0.2) is 24.3 Å². The average Bonchev–Trinajstić information content (AvgIpc) is 2.20. The van der Waals surface area contributed by atoms with Gasteiger partial charge in [-0.25, -0.2) is 8.42 Å². The van der Waals surface area contributed by atoms with Crippen LogP contribution in [0.3, 0.4) is 0 Å². The Labute approximate surface area is 105 Å². The molecule has 0 amide bonds. The summed E-state index contributed by atoms with van der Waals surface area (Å²) < 4.78 is 24.4. The summed E-state index contributed by atoms with van der Waals surface area (Å²) in [5.74, 6) is -1.51. The van der Waals surface area contributed by atoms with E-state index in [0.717, 1.165) is 4.31 Å². The van der Waals surface area contributed by atoms with Crippen LogP contribution in [0.2, 0.25) is 5.02 Å². The molecule has 7 heteroatoms. The molecule has 0 heterocycles. The Morgan fingerprint density at radius 3 is 2.53 bits per heavy atom. The van der Waals surface area contributed by atoms with Gasteiger partial charge in [-0.2, -0.15) is 4.31 Å². The minimum absolute atomic E-state index is 0.309. The van der Waals surface area contributed by atoms with Crippen molar-refractivity contribution in [2.24, 2.45) is 0 Å². The summed E-state index contributed by atoms with van der Waals surface area (Å²) in [6.07, 6.45) is 0. The number of hydrogen-bond donors (Lipinski definition) is 1. The fourth-order valence-electron chi connectivity index (χ4n) is 1.21. The number of carboxylic acid groups (broad SMARTS) is 1. The monoisotopic (exact) mass is 277 g/mol. The predicted molar refractivity (Wildman–Crippen MR) is 64.3 cm³/mol. The first kappa shape index (κ1) is 14.0. The quantitative estimate of drug-likeness (QED) is 0.877. The van der Waals surface area contributed by atoms with E-state index >= 15 is 0 Å². The second-order valence-corrected chi connectivity index (χ2v) is 5.98. The number of likely N-dealkylation sites (N-methyl/N-ethyl adjacent to an activating group) is 1. The third kappa shape index (κ3) is 3.99. The lowest BCUT2D eigenvalue weighted by atomic mass is 10.2. The Kier molecular flexibility index (Phi) is 4.50. The molecule has 0 bridgehead atoms. The highest BCUT2D eigenvalue weighted by atomic mass is 35.5. The van der Waals surface area contributed by atoms with Crippen LogP contribution < -0.4 is 0 Å². The van der Waals surface area contributed by atoms with Crippen molar-refractivity contribution in [3.05, 3.63) is 34.9 Å². The van der Waals surface area contributed by atoms with E-state index in [-0.39, 0.29) is 5.75 Å². The molecule has 1 N–H and O–H groups in total. The number of rotatable bonds is 5. The van der Waals surface area contributed by atoms with Crippen LogP contribution in [0.5, 0.6) is 0 Å². The smallest absolute Gasteiger partial charge is 0.318 e. The molecule has 0 aromatic heterocycles. The van der Waals surface area contributed by atoms with Crippen LogP contribution >= 0.6 is 11.6 Å². The van der Waals surface area contributed by atoms with Gasteiger partial charge in [0.05, 0.1) is 5.75 Å². The van der Waals surface area contributed by atoms with Gasteiger partial charge in [0.25, 0.3) is 0 Å². The van der Waals surface area contributed by atoms with Crippen LogP contribution in [0.1, 0.15) is 5.56 Å². The van der Waals surface area contributed by atoms with Gasteiger partial charge in [-0.05, 0) is 11.6 Å². The summed E-state index contributed by atoms with van der Waals surface area (Å²) in [7, 11) is -2.44. The fraction of sp³-hybridized carbons (Fsp3) is 0.300. The molecule has 5 nitrogen and oxygen atoms in total. The Hall–Kier alpha value is -1.11. The van der Waals surface area contributed by atoms with Crippen molar-refractivity contribution in [1.29, 1.82) is 0 Å². The highest BCUT2D eigenvalue weighted by Crippen LogP contribution is 2.18. The molecule has 0 saturated carbocycles. The van der Waals surface area contributed by atoms with Gasteiger partial charge in [0.2, 0.25) is 10.0 Å². The number of carboxylic acids is 1. The van der Waals surface area contributed by atoms with E-state index in [2.05, 4.69) is 0 Å². The zero-order chi connectivity index (χ0) is 13.1. The summed E-state index contributed by atoms with van der Waals surface area (Å²) in [4.78, 5) is 10.4. The van der Waals surface area contributed by atoms with Crippen molar-refractivity contribution in [2.75, 3.05) is 13.6 Å². The predicted octanol–water partition coefficient (Wildman–Crippen LogP) is 1.19. The lowest BCUT2D eigenvalue weighted by Gasteiger charge is -2.15. The molecule has 1 rings (SSSR count).